The Morgan fingerprint density at radius 2 is 2.09 bits per heavy atom. The number of rotatable bonds is 1. The van der Waals surface area contributed by atoms with Crippen LogP contribution in [0.5, 0.6) is 0 Å². The second kappa shape index (κ2) is 4.57. The molecule has 0 radical (unpaired) electrons. The summed E-state index contributed by atoms with van der Waals surface area (Å²) in [5.74, 6) is -0.572. The van der Waals surface area contributed by atoms with Gasteiger partial charge in [0.2, 0.25) is 5.54 Å². The van der Waals surface area contributed by atoms with E-state index in [1.54, 1.807) is 13.1 Å². The lowest BCUT2D eigenvalue weighted by Gasteiger charge is -2.35. The summed E-state index contributed by atoms with van der Waals surface area (Å²) in [5.41, 5.74) is -1.07. The van der Waals surface area contributed by atoms with Crippen LogP contribution in [-0.2, 0) is 9.53 Å². The topological polar surface area (TPSA) is 89.5 Å². The second-order valence-corrected chi connectivity index (χ2v) is 5.70. The van der Waals surface area contributed by atoms with Crippen LogP contribution in [-0.4, -0.2) is 29.8 Å². The number of benzene rings is 1. The molecule has 110 valence electrons. The van der Waals surface area contributed by atoms with E-state index in [0.29, 0.717) is 6.42 Å². The van der Waals surface area contributed by atoms with Gasteiger partial charge in [-0.3, -0.25) is 9.80 Å². The number of carbonyl (C=O) groups is 1. The van der Waals surface area contributed by atoms with Gasteiger partial charge in [0, 0.05) is 0 Å². The SMILES string of the molecule is COC(=O)[C@@]1(C)C[C@H]2c3ccccc3C=NN2C1(C#N)C#N. The predicted molar refractivity (Wildman–Crippen MR) is 77.3 cm³/mol. The Morgan fingerprint density at radius 1 is 1.41 bits per heavy atom. The number of hydrogen-bond acceptors (Lipinski definition) is 6. The molecule has 6 heteroatoms. The molecular weight excluding hydrogens is 280 g/mol. The summed E-state index contributed by atoms with van der Waals surface area (Å²) >= 11 is 0. The average molecular weight is 294 g/mol. The van der Waals surface area contributed by atoms with Gasteiger partial charge in [0.1, 0.15) is 17.6 Å². The van der Waals surface area contributed by atoms with Crippen molar-refractivity contribution >= 4 is 12.2 Å². The molecule has 0 unspecified atom stereocenters. The van der Waals surface area contributed by atoms with Crippen molar-refractivity contribution < 1.29 is 9.53 Å². The van der Waals surface area contributed by atoms with Gasteiger partial charge in [-0.05, 0) is 24.5 Å². The molecule has 0 N–H and O–H groups in total. The molecule has 1 saturated heterocycles. The van der Waals surface area contributed by atoms with Gasteiger partial charge in [0.15, 0.2) is 0 Å². The summed E-state index contributed by atoms with van der Waals surface area (Å²) in [6.07, 6.45) is 1.92. The van der Waals surface area contributed by atoms with Crippen LogP contribution >= 0.6 is 0 Å². The largest absolute Gasteiger partial charge is 0.468 e. The molecule has 2 aliphatic rings. The van der Waals surface area contributed by atoms with Crippen LogP contribution in [0.15, 0.2) is 29.4 Å². The Hall–Kier alpha value is -2.86. The van der Waals surface area contributed by atoms with Gasteiger partial charge >= 0.3 is 5.97 Å². The predicted octanol–water partition coefficient (Wildman–Crippen LogP) is 1.75. The maximum absolute atomic E-state index is 12.3. The van der Waals surface area contributed by atoms with Gasteiger partial charge in [0.05, 0.1) is 19.4 Å². The first-order valence-corrected chi connectivity index (χ1v) is 6.87. The van der Waals surface area contributed by atoms with E-state index in [4.69, 9.17) is 4.74 Å². The molecule has 0 aromatic heterocycles. The summed E-state index contributed by atoms with van der Waals surface area (Å²) in [6, 6.07) is 11.4. The van der Waals surface area contributed by atoms with Crippen LogP contribution in [0, 0.1) is 28.1 Å². The van der Waals surface area contributed by atoms with E-state index in [1.165, 1.54) is 12.1 Å². The quantitative estimate of drug-likeness (QED) is 0.736. The molecule has 2 atom stereocenters. The Bertz CT molecular complexity index is 744. The molecular formula is C16H14N4O2. The molecule has 1 fully saturated rings. The Kier molecular flexibility index (Phi) is 2.93. The molecule has 0 bridgehead atoms. The van der Waals surface area contributed by atoms with Gasteiger partial charge in [-0.15, -0.1) is 0 Å². The van der Waals surface area contributed by atoms with Gasteiger partial charge in [-0.2, -0.15) is 15.6 Å². The molecule has 2 aliphatic heterocycles. The maximum atomic E-state index is 12.3. The summed E-state index contributed by atoms with van der Waals surface area (Å²) in [7, 11) is 1.27. The first-order chi connectivity index (χ1) is 10.5. The third-order valence-corrected chi connectivity index (χ3v) is 4.67. The van der Waals surface area contributed by atoms with Crippen molar-refractivity contribution in [3.05, 3.63) is 35.4 Å². The van der Waals surface area contributed by atoms with Crippen LogP contribution in [0.25, 0.3) is 0 Å². The fourth-order valence-corrected chi connectivity index (χ4v) is 3.40. The van der Waals surface area contributed by atoms with E-state index in [0.717, 1.165) is 11.1 Å². The minimum absolute atomic E-state index is 0.301. The number of hydrogen-bond donors (Lipinski definition) is 0. The Balaban J connectivity index is 2.21. The third kappa shape index (κ3) is 1.47. The Morgan fingerprint density at radius 3 is 2.73 bits per heavy atom. The van der Waals surface area contributed by atoms with E-state index >= 15 is 0 Å². The molecule has 0 spiro atoms. The number of fused-ring (bicyclic) bond motifs is 3. The Labute approximate surface area is 128 Å². The minimum Gasteiger partial charge on any atom is -0.468 e. The highest BCUT2D eigenvalue weighted by Gasteiger charge is 2.67. The van der Waals surface area contributed by atoms with E-state index in [1.807, 2.05) is 36.4 Å². The van der Waals surface area contributed by atoms with Crippen LogP contribution in [0.2, 0.25) is 0 Å². The number of nitrogens with zero attached hydrogens (tertiary/aromatic N) is 4. The summed E-state index contributed by atoms with van der Waals surface area (Å²) in [4.78, 5) is 12.3. The number of nitriles is 2. The van der Waals surface area contributed by atoms with Crippen LogP contribution in [0.3, 0.4) is 0 Å². The third-order valence-electron chi connectivity index (χ3n) is 4.67. The van der Waals surface area contributed by atoms with Gasteiger partial charge in [-0.25, -0.2) is 0 Å². The average Bonchev–Trinajstić information content (AvgIpc) is 2.83. The normalized spacial score (nSPS) is 27.3. The van der Waals surface area contributed by atoms with Gasteiger partial charge in [-0.1, -0.05) is 24.3 Å². The molecule has 0 aliphatic carbocycles. The molecule has 1 aromatic rings. The zero-order chi connectivity index (χ0) is 16.0. The molecule has 0 amide bonds. The zero-order valence-electron chi connectivity index (χ0n) is 12.3. The molecule has 0 saturated carbocycles. The number of ether oxygens (including phenoxy) is 1. The fraction of sp³-hybridized carbons (Fsp3) is 0.375. The molecule has 22 heavy (non-hydrogen) atoms. The van der Waals surface area contributed by atoms with E-state index in [-0.39, 0.29) is 6.04 Å². The standard InChI is InChI=1S/C16H14N4O2/c1-15(14(21)22-2)7-13-12-6-4-3-5-11(12)8-19-20(13)16(15,9-17)10-18/h3-6,8,13H,7H2,1-2H3/t13-,15+/m0/s1. The van der Waals surface area contributed by atoms with Crippen molar-refractivity contribution in [1.82, 2.24) is 5.01 Å². The van der Waals surface area contributed by atoms with Crippen LogP contribution in [0.4, 0.5) is 0 Å². The van der Waals surface area contributed by atoms with Crippen molar-refractivity contribution in [2.24, 2.45) is 10.5 Å². The number of methoxy groups -OCH3 is 1. The van der Waals surface area contributed by atoms with Crippen molar-refractivity contribution in [1.29, 1.82) is 10.5 Å². The second-order valence-electron chi connectivity index (χ2n) is 5.70. The lowest BCUT2D eigenvalue weighted by molar-refractivity contribution is -0.153. The van der Waals surface area contributed by atoms with Gasteiger partial charge < -0.3 is 4.74 Å². The highest BCUT2D eigenvalue weighted by Crippen LogP contribution is 2.55. The lowest BCUT2D eigenvalue weighted by Crippen LogP contribution is -2.53. The number of hydrazone groups is 1. The maximum Gasteiger partial charge on any atom is 0.316 e. The van der Waals surface area contributed by atoms with Crippen molar-refractivity contribution in [3.63, 3.8) is 0 Å². The van der Waals surface area contributed by atoms with E-state index < -0.39 is 16.9 Å². The molecule has 6 nitrogen and oxygen atoms in total. The summed E-state index contributed by atoms with van der Waals surface area (Å²) in [5, 5.41) is 25.1. The van der Waals surface area contributed by atoms with E-state index in [9.17, 15) is 15.3 Å². The van der Waals surface area contributed by atoms with Crippen molar-refractivity contribution in [2.75, 3.05) is 7.11 Å². The van der Waals surface area contributed by atoms with Gasteiger partial charge in [0.25, 0.3) is 0 Å². The highest BCUT2D eigenvalue weighted by atomic mass is 16.5. The smallest absolute Gasteiger partial charge is 0.316 e. The van der Waals surface area contributed by atoms with Crippen LogP contribution in [0.1, 0.15) is 30.5 Å². The fourth-order valence-electron chi connectivity index (χ4n) is 3.40. The lowest BCUT2D eigenvalue weighted by atomic mass is 9.72. The highest BCUT2D eigenvalue weighted by molar-refractivity contribution is 5.85. The zero-order valence-corrected chi connectivity index (χ0v) is 12.3. The summed E-state index contributed by atoms with van der Waals surface area (Å²) in [6.45, 7) is 1.60. The monoisotopic (exact) mass is 294 g/mol. The van der Waals surface area contributed by atoms with Crippen molar-refractivity contribution in [2.45, 2.75) is 24.9 Å². The number of esters is 1. The van der Waals surface area contributed by atoms with Crippen molar-refractivity contribution in [3.8, 4) is 12.1 Å². The molecule has 1 aromatic carbocycles. The first-order valence-electron chi connectivity index (χ1n) is 6.87. The molecule has 2 heterocycles. The van der Waals surface area contributed by atoms with E-state index in [2.05, 4.69) is 5.10 Å². The van der Waals surface area contributed by atoms with Crippen LogP contribution < -0.4 is 0 Å². The molecule has 3 rings (SSSR count). The number of carbonyl (C=O) groups excluding carboxylic acids is 1. The minimum atomic E-state index is -1.69. The first kappa shape index (κ1) is 14.1. The summed E-state index contributed by atoms with van der Waals surface area (Å²) < 4.78 is 4.87.